The van der Waals surface area contributed by atoms with Crippen LogP contribution in [0.2, 0.25) is 0 Å². The quantitative estimate of drug-likeness (QED) is 0.729. The highest BCUT2D eigenvalue weighted by molar-refractivity contribution is 5.95. The number of nitrogens with one attached hydrogen (secondary N) is 1. The number of piperidine rings is 1. The molecule has 2 fully saturated rings. The van der Waals surface area contributed by atoms with Gasteiger partial charge in [-0.2, -0.15) is 4.68 Å². The van der Waals surface area contributed by atoms with Gasteiger partial charge in [0, 0.05) is 48.7 Å². The molecular weight excluding hydrogens is 404 g/mol. The maximum Gasteiger partial charge on any atom is 0.344 e. The SMILES string of the molecule is [C-]#[N+]c1ccc(C(=O)N2CCCC23CCN(C(=O)n2ccc(NC(=C)C)n2)CC3)cc1C. The predicted octanol–water partition coefficient (Wildman–Crippen LogP) is 4.43. The summed E-state index contributed by atoms with van der Waals surface area (Å²) < 4.78 is 1.35. The van der Waals surface area contributed by atoms with E-state index >= 15 is 0 Å². The second-order valence-electron chi connectivity index (χ2n) is 8.72. The van der Waals surface area contributed by atoms with Crippen molar-refractivity contribution in [2.45, 2.75) is 45.1 Å². The Morgan fingerprint density at radius 3 is 2.59 bits per heavy atom. The van der Waals surface area contributed by atoms with E-state index in [1.165, 1.54) is 4.68 Å². The molecule has 1 aromatic heterocycles. The smallest absolute Gasteiger partial charge is 0.343 e. The first-order valence-corrected chi connectivity index (χ1v) is 10.9. The van der Waals surface area contributed by atoms with Crippen molar-refractivity contribution in [1.82, 2.24) is 19.6 Å². The molecule has 2 amide bonds. The Labute approximate surface area is 188 Å². The van der Waals surface area contributed by atoms with Gasteiger partial charge in [0.05, 0.1) is 6.57 Å². The van der Waals surface area contributed by atoms with Crippen molar-refractivity contribution < 1.29 is 9.59 Å². The largest absolute Gasteiger partial charge is 0.344 e. The Morgan fingerprint density at radius 1 is 1.19 bits per heavy atom. The summed E-state index contributed by atoms with van der Waals surface area (Å²) in [5.74, 6) is 0.607. The summed E-state index contributed by atoms with van der Waals surface area (Å²) in [6.45, 7) is 16.6. The lowest BCUT2D eigenvalue weighted by molar-refractivity contribution is 0.0420. The number of anilines is 1. The molecule has 2 aliphatic rings. The molecule has 166 valence electrons. The summed E-state index contributed by atoms with van der Waals surface area (Å²) in [6.07, 6.45) is 5.07. The van der Waals surface area contributed by atoms with Gasteiger partial charge >= 0.3 is 6.03 Å². The predicted molar refractivity (Wildman–Crippen MR) is 123 cm³/mol. The second-order valence-corrected chi connectivity index (χ2v) is 8.72. The van der Waals surface area contributed by atoms with Crippen molar-refractivity contribution in [3.05, 3.63) is 65.3 Å². The minimum atomic E-state index is -0.211. The summed E-state index contributed by atoms with van der Waals surface area (Å²) in [4.78, 5) is 33.5. The maximum absolute atomic E-state index is 13.3. The van der Waals surface area contributed by atoms with Crippen LogP contribution in [-0.2, 0) is 0 Å². The van der Waals surface area contributed by atoms with Crippen molar-refractivity contribution in [3.8, 4) is 0 Å². The fourth-order valence-electron chi connectivity index (χ4n) is 4.82. The van der Waals surface area contributed by atoms with Crippen LogP contribution >= 0.6 is 0 Å². The Hall–Kier alpha value is -3.60. The van der Waals surface area contributed by atoms with E-state index < -0.39 is 0 Å². The van der Waals surface area contributed by atoms with Crippen LogP contribution in [0.1, 0.15) is 48.5 Å². The van der Waals surface area contributed by atoms with E-state index in [-0.39, 0.29) is 17.5 Å². The highest BCUT2D eigenvalue weighted by Crippen LogP contribution is 2.39. The van der Waals surface area contributed by atoms with Gasteiger partial charge in [0.1, 0.15) is 0 Å². The first-order chi connectivity index (χ1) is 15.3. The molecule has 2 aliphatic heterocycles. The Balaban J connectivity index is 1.44. The minimum absolute atomic E-state index is 0.0181. The van der Waals surface area contributed by atoms with E-state index in [0.29, 0.717) is 30.2 Å². The number of likely N-dealkylation sites (tertiary alicyclic amines) is 2. The van der Waals surface area contributed by atoms with Crippen LogP contribution in [0.4, 0.5) is 16.3 Å². The van der Waals surface area contributed by atoms with Gasteiger partial charge in [-0.15, -0.1) is 5.10 Å². The standard InChI is InChI=1S/C24H28N6O2/c1-17(2)26-21-8-13-30(27-21)23(32)28-14-10-24(11-15-28)9-5-12-29(24)22(31)19-6-7-20(25-4)18(3)16-19/h6-8,13,16H,1,5,9-12,14-15H2,2-3H3,(H,26,27). The fraction of sp³-hybridized carbons (Fsp3) is 0.417. The molecule has 0 saturated carbocycles. The van der Waals surface area contributed by atoms with Crippen molar-refractivity contribution >= 4 is 23.4 Å². The van der Waals surface area contributed by atoms with Crippen LogP contribution in [0.5, 0.6) is 0 Å². The number of amides is 2. The highest BCUT2D eigenvalue weighted by atomic mass is 16.2. The number of nitrogens with zero attached hydrogens (tertiary/aromatic N) is 5. The molecule has 0 radical (unpaired) electrons. The van der Waals surface area contributed by atoms with Crippen LogP contribution in [0.3, 0.4) is 0 Å². The number of allylic oxidation sites excluding steroid dienone is 1. The van der Waals surface area contributed by atoms with E-state index in [4.69, 9.17) is 6.57 Å². The van der Waals surface area contributed by atoms with E-state index in [9.17, 15) is 9.59 Å². The Morgan fingerprint density at radius 2 is 1.94 bits per heavy atom. The molecule has 2 saturated heterocycles. The van der Waals surface area contributed by atoms with Gasteiger partial charge in [0.15, 0.2) is 11.5 Å². The zero-order valence-corrected chi connectivity index (χ0v) is 18.6. The van der Waals surface area contributed by atoms with Gasteiger partial charge in [-0.25, -0.2) is 9.64 Å². The monoisotopic (exact) mass is 432 g/mol. The van der Waals surface area contributed by atoms with Crippen molar-refractivity contribution in [3.63, 3.8) is 0 Å². The molecule has 0 bridgehead atoms. The number of aryl methyl sites for hydroxylation is 1. The van der Waals surface area contributed by atoms with Crippen molar-refractivity contribution in [2.24, 2.45) is 0 Å². The van der Waals surface area contributed by atoms with Crippen LogP contribution in [-0.4, -0.2) is 56.7 Å². The average Bonchev–Trinajstić information content (AvgIpc) is 3.40. The summed E-state index contributed by atoms with van der Waals surface area (Å²) in [5, 5.41) is 7.30. The third kappa shape index (κ3) is 3.98. The van der Waals surface area contributed by atoms with E-state index in [2.05, 4.69) is 21.8 Å². The molecule has 4 rings (SSSR count). The molecule has 8 heteroatoms. The molecule has 3 heterocycles. The van der Waals surface area contributed by atoms with Gasteiger partial charge in [-0.05, 0) is 45.1 Å². The second kappa shape index (κ2) is 8.50. The van der Waals surface area contributed by atoms with Crippen LogP contribution in [0, 0.1) is 13.5 Å². The van der Waals surface area contributed by atoms with Gasteiger partial charge in [0.25, 0.3) is 5.91 Å². The molecule has 0 unspecified atom stereocenters. The number of carbonyl (C=O) groups is 2. The average molecular weight is 433 g/mol. The Kier molecular flexibility index (Phi) is 5.74. The lowest BCUT2D eigenvalue weighted by atomic mass is 9.84. The van der Waals surface area contributed by atoms with Gasteiger partial charge in [-0.3, -0.25) is 4.79 Å². The van der Waals surface area contributed by atoms with Gasteiger partial charge in [-0.1, -0.05) is 24.8 Å². The summed E-state index contributed by atoms with van der Waals surface area (Å²) in [7, 11) is 0. The Bertz CT molecular complexity index is 1100. The lowest BCUT2D eigenvalue weighted by Gasteiger charge is -2.44. The van der Waals surface area contributed by atoms with Crippen LogP contribution < -0.4 is 5.32 Å². The summed E-state index contributed by atoms with van der Waals surface area (Å²) in [6, 6.07) is 6.88. The lowest BCUT2D eigenvalue weighted by Crippen LogP contribution is -2.55. The minimum Gasteiger partial charge on any atom is -0.343 e. The zero-order chi connectivity index (χ0) is 22.9. The molecule has 1 spiro atoms. The normalized spacial score (nSPS) is 17.3. The van der Waals surface area contributed by atoms with E-state index in [1.54, 1.807) is 29.3 Å². The third-order valence-electron chi connectivity index (χ3n) is 6.50. The van der Waals surface area contributed by atoms with Gasteiger partial charge in [0.2, 0.25) is 0 Å². The molecule has 0 atom stereocenters. The van der Waals surface area contributed by atoms with E-state index in [1.807, 2.05) is 24.8 Å². The molecule has 1 aromatic carbocycles. The fourth-order valence-corrected chi connectivity index (χ4v) is 4.82. The first-order valence-electron chi connectivity index (χ1n) is 10.9. The highest BCUT2D eigenvalue weighted by Gasteiger charge is 2.46. The van der Waals surface area contributed by atoms with Crippen LogP contribution in [0.25, 0.3) is 4.85 Å². The molecule has 32 heavy (non-hydrogen) atoms. The molecule has 0 aliphatic carbocycles. The number of hydrogen-bond donors (Lipinski definition) is 1. The molecular formula is C24H28N6O2. The first kappa shape index (κ1) is 21.6. The van der Waals surface area contributed by atoms with Gasteiger partial charge < -0.3 is 15.1 Å². The topological polar surface area (TPSA) is 74.8 Å². The zero-order valence-electron chi connectivity index (χ0n) is 18.6. The molecule has 8 nitrogen and oxygen atoms in total. The van der Waals surface area contributed by atoms with Crippen LogP contribution in [0.15, 0.2) is 42.7 Å². The summed E-state index contributed by atoms with van der Waals surface area (Å²) in [5.41, 5.74) is 2.57. The third-order valence-corrected chi connectivity index (χ3v) is 6.50. The van der Waals surface area contributed by atoms with E-state index in [0.717, 1.165) is 43.5 Å². The molecule has 2 aromatic rings. The maximum atomic E-state index is 13.3. The summed E-state index contributed by atoms with van der Waals surface area (Å²) >= 11 is 0. The number of carbonyl (C=O) groups excluding carboxylic acids is 2. The number of aromatic nitrogens is 2. The number of benzene rings is 1. The number of rotatable bonds is 3. The number of hydrogen-bond acceptors (Lipinski definition) is 4. The van der Waals surface area contributed by atoms with Crippen molar-refractivity contribution in [2.75, 3.05) is 25.0 Å². The van der Waals surface area contributed by atoms with Crippen molar-refractivity contribution in [1.29, 1.82) is 0 Å². The molecule has 1 N–H and O–H groups in total.